The number of alkyl halides is 3. The topological polar surface area (TPSA) is 85.2 Å². The predicted molar refractivity (Wildman–Crippen MR) is 109 cm³/mol. The van der Waals surface area contributed by atoms with E-state index in [1.807, 2.05) is 13.0 Å². The van der Waals surface area contributed by atoms with Crippen molar-refractivity contribution in [1.82, 2.24) is 24.9 Å². The zero-order valence-electron chi connectivity index (χ0n) is 17.2. The van der Waals surface area contributed by atoms with E-state index >= 15 is 0 Å². The van der Waals surface area contributed by atoms with Crippen molar-refractivity contribution < 1.29 is 22.7 Å². The van der Waals surface area contributed by atoms with E-state index in [4.69, 9.17) is 4.74 Å². The van der Waals surface area contributed by atoms with Crippen molar-refractivity contribution in [2.45, 2.75) is 25.7 Å². The zero-order valence-corrected chi connectivity index (χ0v) is 17.2. The van der Waals surface area contributed by atoms with E-state index in [-0.39, 0.29) is 18.3 Å². The largest absolute Gasteiger partial charge is 0.433 e. The molecule has 32 heavy (non-hydrogen) atoms. The third-order valence-electron chi connectivity index (χ3n) is 4.98. The molecule has 1 unspecified atom stereocenters. The number of carbonyl (C=O) groups excluding carboxylic acids is 1. The second-order valence-corrected chi connectivity index (χ2v) is 7.30. The van der Waals surface area contributed by atoms with Crippen molar-refractivity contribution in [3.05, 3.63) is 65.6 Å². The molecule has 3 heterocycles. The van der Waals surface area contributed by atoms with Gasteiger partial charge >= 0.3 is 6.18 Å². The Labute approximate surface area is 182 Å². The van der Waals surface area contributed by atoms with E-state index in [2.05, 4.69) is 20.5 Å². The van der Waals surface area contributed by atoms with Crippen LogP contribution >= 0.6 is 0 Å². The number of benzene rings is 1. The lowest BCUT2D eigenvalue weighted by Crippen LogP contribution is -2.50. The lowest BCUT2D eigenvalue weighted by Gasteiger charge is -2.36. The first kappa shape index (κ1) is 21.8. The van der Waals surface area contributed by atoms with Gasteiger partial charge in [0.15, 0.2) is 0 Å². The zero-order chi connectivity index (χ0) is 22.7. The number of hydrogen-bond acceptors (Lipinski definition) is 6. The van der Waals surface area contributed by atoms with Crippen LogP contribution < -0.4 is 5.32 Å². The lowest BCUT2D eigenvalue weighted by molar-refractivity contribution is -0.141. The van der Waals surface area contributed by atoms with E-state index in [1.54, 1.807) is 17.0 Å². The second kappa shape index (κ2) is 8.95. The number of ether oxygens (including phenoxy) is 1. The van der Waals surface area contributed by atoms with Gasteiger partial charge in [-0.2, -0.15) is 28.2 Å². The summed E-state index contributed by atoms with van der Waals surface area (Å²) in [6.07, 6.45) is -1.53. The van der Waals surface area contributed by atoms with Gasteiger partial charge in [0.25, 0.3) is 5.91 Å². The highest BCUT2D eigenvalue weighted by atomic mass is 19.4. The van der Waals surface area contributed by atoms with E-state index in [0.29, 0.717) is 30.8 Å². The summed E-state index contributed by atoms with van der Waals surface area (Å²) in [4.78, 5) is 20.0. The van der Waals surface area contributed by atoms with Crippen molar-refractivity contribution >= 4 is 11.7 Å². The minimum absolute atomic E-state index is 0.0541. The van der Waals surface area contributed by atoms with Gasteiger partial charge in [-0.15, -0.1) is 0 Å². The molecular formula is C21H21F3N6O2. The van der Waals surface area contributed by atoms with Crippen LogP contribution in [0.25, 0.3) is 5.69 Å². The molecule has 0 radical (unpaired) electrons. The van der Waals surface area contributed by atoms with Crippen LogP contribution in [0.4, 0.5) is 19.0 Å². The highest BCUT2D eigenvalue weighted by molar-refractivity contribution is 5.98. The van der Waals surface area contributed by atoms with Crippen LogP contribution in [0, 0.1) is 6.92 Å². The molecule has 1 fully saturated rings. The number of aromatic nitrogens is 4. The van der Waals surface area contributed by atoms with Gasteiger partial charge in [0.2, 0.25) is 0 Å². The van der Waals surface area contributed by atoms with Crippen molar-refractivity contribution in [1.29, 1.82) is 0 Å². The Bertz CT molecular complexity index is 1090. The summed E-state index contributed by atoms with van der Waals surface area (Å²) in [5.41, 5.74) is 0.845. The summed E-state index contributed by atoms with van der Waals surface area (Å²) in [5, 5.41) is 11.1. The maximum absolute atomic E-state index is 13.5. The molecular weight excluding hydrogens is 425 g/mol. The monoisotopic (exact) mass is 446 g/mol. The number of nitrogens with zero attached hydrogens (tertiary/aromatic N) is 5. The first-order valence-corrected chi connectivity index (χ1v) is 10.0. The molecule has 8 nitrogen and oxygen atoms in total. The Kier molecular flexibility index (Phi) is 6.08. The third-order valence-corrected chi connectivity index (χ3v) is 4.98. The van der Waals surface area contributed by atoms with Gasteiger partial charge in [0.1, 0.15) is 17.7 Å². The second-order valence-electron chi connectivity index (χ2n) is 7.30. The normalized spacial score (nSPS) is 16.8. The third kappa shape index (κ3) is 4.72. The molecule has 168 valence electrons. The minimum atomic E-state index is -4.54. The fourth-order valence-corrected chi connectivity index (χ4v) is 3.46. The molecule has 0 spiro atoms. The first-order chi connectivity index (χ1) is 15.3. The molecule has 1 atom stereocenters. The number of anilines is 1. The van der Waals surface area contributed by atoms with Crippen molar-refractivity contribution in [2.75, 3.05) is 25.0 Å². The highest BCUT2D eigenvalue weighted by Crippen LogP contribution is 2.28. The summed E-state index contributed by atoms with van der Waals surface area (Å²) in [7, 11) is 0. The van der Waals surface area contributed by atoms with Crippen LogP contribution in [0.5, 0.6) is 0 Å². The average Bonchev–Trinajstić information content (AvgIpc) is 3.32. The average molecular weight is 446 g/mol. The van der Waals surface area contributed by atoms with Gasteiger partial charge in [-0.3, -0.25) is 4.79 Å². The summed E-state index contributed by atoms with van der Waals surface area (Å²) in [5.74, 6) is -0.220. The van der Waals surface area contributed by atoms with Gasteiger partial charge in [0.05, 0.1) is 36.8 Å². The van der Waals surface area contributed by atoms with Gasteiger partial charge in [-0.25, -0.2) is 4.98 Å². The lowest BCUT2D eigenvalue weighted by atomic mass is 10.1. The molecule has 1 aliphatic heterocycles. The van der Waals surface area contributed by atoms with Crippen LogP contribution in [0.2, 0.25) is 0 Å². The van der Waals surface area contributed by atoms with Gasteiger partial charge in [0, 0.05) is 6.54 Å². The maximum Gasteiger partial charge on any atom is 0.433 e. The fraction of sp³-hybridized carbons (Fsp3) is 0.333. The standard InChI is InChI=1S/C21H21F3N6O2/c1-14-6-7-16(30-26-8-9-27-30)15(12-14)20(31)29-10-3-11-32-19(29)13-25-18-5-2-4-17(28-18)21(22,23)24/h2,4-9,12,19H,3,10-11,13H2,1H3,(H,25,28). The first-order valence-electron chi connectivity index (χ1n) is 10.0. The van der Waals surface area contributed by atoms with Gasteiger partial charge < -0.3 is 15.0 Å². The molecule has 11 heteroatoms. The molecule has 1 N–H and O–H groups in total. The van der Waals surface area contributed by atoms with Crippen LogP contribution in [0.3, 0.4) is 0 Å². The Morgan fingerprint density at radius 3 is 2.75 bits per heavy atom. The smallest absolute Gasteiger partial charge is 0.366 e. The molecule has 0 saturated carbocycles. The molecule has 1 amide bonds. The number of aryl methyl sites for hydroxylation is 1. The van der Waals surface area contributed by atoms with Gasteiger partial charge in [-0.05, 0) is 37.6 Å². The number of pyridine rings is 1. The SMILES string of the molecule is Cc1ccc(-n2nccn2)c(C(=O)N2CCCOC2CNc2cccc(C(F)(F)F)n2)c1. The van der Waals surface area contributed by atoms with E-state index in [9.17, 15) is 18.0 Å². The number of rotatable bonds is 5. The number of halogens is 3. The molecule has 0 aliphatic carbocycles. The fourth-order valence-electron chi connectivity index (χ4n) is 3.46. The predicted octanol–water partition coefficient (Wildman–Crippen LogP) is 3.29. The van der Waals surface area contributed by atoms with Crippen LogP contribution in [-0.4, -0.2) is 56.7 Å². The van der Waals surface area contributed by atoms with Crippen LogP contribution in [0.1, 0.15) is 28.0 Å². The Hall–Kier alpha value is -3.47. The minimum Gasteiger partial charge on any atom is -0.366 e. The number of amides is 1. The van der Waals surface area contributed by atoms with E-state index < -0.39 is 18.1 Å². The Morgan fingerprint density at radius 2 is 2.00 bits per heavy atom. The summed E-state index contributed by atoms with van der Waals surface area (Å²) >= 11 is 0. The maximum atomic E-state index is 13.5. The molecule has 1 aromatic carbocycles. The van der Waals surface area contributed by atoms with E-state index in [1.165, 1.54) is 29.3 Å². The van der Waals surface area contributed by atoms with Crippen LogP contribution in [0.15, 0.2) is 48.8 Å². The van der Waals surface area contributed by atoms with Crippen molar-refractivity contribution in [3.8, 4) is 5.69 Å². The number of hydrogen-bond donors (Lipinski definition) is 1. The Morgan fingerprint density at radius 1 is 1.22 bits per heavy atom. The Balaban J connectivity index is 1.55. The summed E-state index contributed by atoms with van der Waals surface area (Å²) < 4.78 is 44.5. The quantitative estimate of drug-likeness (QED) is 0.648. The molecule has 1 aliphatic rings. The van der Waals surface area contributed by atoms with Crippen molar-refractivity contribution in [3.63, 3.8) is 0 Å². The van der Waals surface area contributed by atoms with E-state index in [0.717, 1.165) is 11.6 Å². The molecule has 4 rings (SSSR count). The molecule has 3 aromatic rings. The molecule has 1 saturated heterocycles. The summed E-state index contributed by atoms with van der Waals surface area (Å²) in [6, 6.07) is 9.01. The number of carbonyl (C=O) groups is 1. The van der Waals surface area contributed by atoms with Gasteiger partial charge in [-0.1, -0.05) is 17.7 Å². The molecule has 2 aromatic heterocycles. The van der Waals surface area contributed by atoms with Crippen molar-refractivity contribution in [2.24, 2.45) is 0 Å². The highest BCUT2D eigenvalue weighted by Gasteiger charge is 2.33. The summed E-state index contributed by atoms with van der Waals surface area (Å²) in [6.45, 7) is 2.85. The molecule has 0 bridgehead atoms. The van der Waals surface area contributed by atoms with Crippen LogP contribution in [-0.2, 0) is 10.9 Å². The number of nitrogens with one attached hydrogen (secondary N) is 1.